The van der Waals surface area contributed by atoms with Gasteiger partial charge < -0.3 is 9.64 Å². The zero-order valence-electron chi connectivity index (χ0n) is 16.7. The fourth-order valence-electron chi connectivity index (χ4n) is 3.41. The van der Waals surface area contributed by atoms with Gasteiger partial charge in [0.2, 0.25) is 0 Å². The highest BCUT2D eigenvalue weighted by molar-refractivity contribution is 5.51. The third kappa shape index (κ3) is 4.79. The van der Waals surface area contributed by atoms with Crippen LogP contribution in [0.3, 0.4) is 0 Å². The molecule has 2 aromatic rings. The highest BCUT2D eigenvalue weighted by Crippen LogP contribution is 2.26. The first-order chi connectivity index (χ1) is 14.0. The lowest BCUT2D eigenvalue weighted by molar-refractivity contribution is 0.224. The van der Waals surface area contributed by atoms with Gasteiger partial charge in [0.05, 0.1) is 12.3 Å². The molecule has 3 rings (SSSR count). The van der Waals surface area contributed by atoms with E-state index in [1.165, 1.54) is 17.7 Å². The lowest BCUT2D eigenvalue weighted by Gasteiger charge is -2.36. The summed E-state index contributed by atoms with van der Waals surface area (Å²) < 4.78 is 8.38. The molecule has 0 saturated carbocycles. The molecule has 0 bridgehead atoms. The van der Waals surface area contributed by atoms with Gasteiger partial charge in [-0.05, 0) is 24.1 Å². The van der Waals surface area contributed by atoms with Crippen molar-refractivity contribution in [3.05, 3.63) is 61.6 Å². The second kappa shape index (κ2) is 9.31. The Morgan fingerprint density at radius 2 is 1.83 bits per heavy atom. The monoisotopic (exact) mass is 399 g/mol. The van der Waals surface area contributed by atoms with Crippen molar-refractivity contribution in [2.75, 3.05) is 44.2 Å². The van der Waals surface area contributed by atoms with Crippen molar-refractivity contribution >= 4 is 11.5 Å². The SMILES string of the molecule is Cn1c(N2CCN(CCCOc3ccccc3N=[N+]=[N-])CC2)cc(=O)n(C)c1=O. The first-order valence-electron chi connectivity index (χ1n) is 9.52. The standard InChI is InChI=1S/C19H25N7O3/c1-23-17(14-18(27)24(2)19(23)28)26-11-9-25(10-12-26)8-5-13-29-16-7-4-3-6-15(16)21-22-20/h3-4,6-7,14H,5,8-13H2,1-2H3. The Bertz CT molecular complexity index is 1020. The van der Waals surface area contributed by atoms with Crippen LogP contribution in [0, 0.1) is 0 Å². The zero-order valence-corrected chi connectivity index (χ0v) is 16.7. The minimum Gasteiger partial charge on any atom is -0.493 e. The number of hydrogen-bond donors (Lipinski definition) is 0. The van der Waals surface area contributed by atoms with Crippen molar-refractivity contribution in [1.82, 2.24) is 14.0 Å². The summed E-state index contributed by atoms with van der Waals surface area (Å²) in [5.41, 5.74) is 8.49. The molecule has 29 heavy (non-hydrogen) atoms. The third-order valence-corrected chi connectivity index (χ3v) is 5.09. The van der Waals surface area contributed by atoms with Crippen molar-refractivity contribution in [2.45, 2.75) is 6.42 Å². The summed E-state index contributed by atoms with van der Waals surface area (Å²) in [4.78, 5) is 31.3. The minimum absolute atomic E-state index is 0.288. The molecule has 1 aliphatic heterocycles. The van der Waals surface area contributed by atoms with E-state index < -0.39 is 0 Å². The average molecular weight is 399 g/mol. The number of anilines is 1. The fraction of sp³-hybridized carbons (Fsp3) is 0.474. The summed E-state index contributed by atoms with van der Waals surface area (Å²) in [7, 11) is 3.18. The van der Waals surface area contributed by atoms with Crippen LogP contribution >= 0.6 is 0 Å². The first kappa shape index (κ1) is 20.5. The number of nitrogens with zero attached hydrogens (tertiary/aromatic N) is 7. The Kier molecular flexibility index (Phi) is 6.58. The normalized spacial score (nSPS) is 14.5. The summed E-state index contributed by atoms with van der Waals surface area (Å²) in [6.45, 7) is 4.61. The lowest BCUT2D eigenvalue weighted by Crippen LogP contribution is -2.49. The molecule has 1 aromatic heterocycles. The second-order valence-corrected chi connectivity index (χ2v) is 6.93. The molecular formula is C19H25N7O3. The fourth-order valence-corrected chi connectivity index (χ4v) is 3.41. The molecule has 0 amide bonds. The van der Waals surface area contributed by atoms with E-state index in [-0.39, 0.29) is 11.2 Å². The zero-order chi connectivity index (χ0) is 20.8. The number of para-hydroxylation sites is 1. The molecule has 0 aliphatic carbocycles. The van der Waals surface area contributed by atoms with Gasteiger partial charge in [0.1, 0.15) is 11.6 Å². The Labute approximate surface area is 168 Å². The maximum absolute atomic E-state index is 12.1. The summed E-state index contributed by atoms with van der Waals surface area (Å²) in [6, 6.07) is 8.67. The molecule has 1 saturated heterocycles. The molecule has 154 valence electrons. The molecule has 10 nitrogen and oxygen atoms in total. The second-order valence-electron chi connectivity index (χ2n) is 6.93. The van der Waals surface area contributed by atoms with E-state index in [0.29, 0.717) is 23.9 Å². The molecule has 1 aliphatic rings. The number of piperazine rings is 1. The van der Waals surface area contributed by atoms with Gasteiger partial charge in [-0.15, -0.1) is 0 Å². The molecule has 0 unspecified atom stereocenters. The van der Waals surface area contributed by atoms with Crippen molar-refractivity contribution in [1.29, 1.82) is 0 Å². The van der Waals surface area contributed by atoms with Gasteiger partial charge in [-0.1, -0.05) is 17.2 Å². The van der Waals surface area contributed by atoms with Gasteiger partial charge in [-0.3, -0.25) is 18.8 Å². The van der Waals surface area contributed by atoms with Crippen LogP contribution in [-0.4, -0.2) is 53.4 Å². The van der Waals surface area contributed by atoms with Crippen LogP contribution in [0.15, 0.2) is 45.0 Å². The highest BCUT2D eigenvalue weighted by Gasteiger charge is 2.20. The molecule has 0 N–H and O–H groups in total. The lowest BCUT2D eigenvalue weighted by atomic mass is 10.3. The topological polar surface area (TPSA) is 108 Å². The predicted molar refractivity (Wildman–Crippen MR) is 111 cm³/mol. The molecule has 0 radical (unpaired) electrons. The van der Waals surface area contributed by atoms with E-state index in [1.807, 2.05) is 6.07 Å². The van der Waals surface area contributed by atoms with Gasteiger partial charge in [0.25, 0.3) is 5.56 Å². The Morgan fingerprint density at radius 3 is 2.55 bits per heavy atom. The number of ether oxygens (including phenoxy) is 1. The number of azide groups is 1. The minimum atomic E-state index is -0.312. The van der Waals surface area contributed by atoms with Crippen molar-refractivity contribution in [3.63, 3.8) is 0 Å². The van der Waals surface area contributed by atoms with Crippen molar-refractivity contribution in [3.8, 4) is 5.75 Å². The Morgan fingerprint density at radius 1 is 1.10 bits per heavy atom. The number of rotatable bonds is 7. The van der Waals surface area contributed by atoms with Crippen LogP contribution in [-0.2, 0) is 14.1 Å². The van der Waals surface area contributed by atoms with Gasteiger partial charge >= 0.3 is 5.69 Å². The van der Waals surface area contributed by atoms with Crippen LogP contribution in [0.25, 0.3) is 10.4 Å². The molecule has 1 aromatic carbocycles. The highest BCUT2D eigenvalue weighted by atomic mass is 16.5. The third-order valence-electron chi connectivity index (χ3n) is 5.09. The van der Waals surface area contributed by atoms with Gasteiger partial charge in [-0.2, -0.15) is 0 Å². The van der Waals surface area contributed by atoms with Crippen LogP contribution in [0.4, 0.5) is 11.5 Å². The molecule has 1 fully saturated rings. The molecule has 2 heterocycles. The summed E-state index contributed by atoms with van der Waals surface area (Å²) in [5.74, 6) is 1.25. The van der Waals surface area contributed by atoms with E-state index in [0.717, 1.165) is 43.7 Å². The molecule has 0 spiro atoms. The molecular weight excluding hydrogens is 374 g/mol. The Hall–Kier alpha value is -3.23. The van der Waals surface area contributed by atoms with Crippen molar-refractivity contribution in [2.24, 2.45) is 19.2 Å². The number of aromatic nitrogens is 2. The summed E-state index contributed by atoms with van der Waals surface area (Å²) in [6.07, 6.45) is 0.842. The largest absolute Gasteiger partial charge is 0.493 e. The van der Waals surface area contributed by atoms with E-state index >= 15 is 0 Å². The van der Waals surface area contributed by atoms with E-state index in [9.17, 15) is 9.59 Å². The van der Waals surface area contributed by atoms with Crippen molar-refractivity contribution < 1.29 is 4.74 Å². The maximum atomic E-state index is 12.1. The Balaban J connectivity index is 1.48. The average Bonchev–Trinajstić information content (AvgIpc) is 2.74. The van der Waals surface area contributed by atoms with Crippen LogP contribution in [0.5, 0.6) is 5.75 Å². The van der Waals surface area contributed by atoms with E-state index in [2.05, 4.69) is 19.8 Å². The number of hydrogen-bond acceptors (Lipinski definition) is 6. The number of benzene rings is 1. The maximum Gasteiger partial charge on any atom is 0.332 e. The van der Waals surface area contributed by atoms with Gasteiger partial charge in [0.15, 0.2) is 0 Å². The smallest absolute Gasteiger partial charge is 0.332 e. The summed E-state index contributed by atoms with van der Waals surface area (Å²) in [5, 5.41) is 3.63. The van der Waals surface area contributed by atoms with E-state index in [1.54, 1.807) is 25.2 Å². The summed E-state index contributed by atoms with van der Waals surface area (Å²) >= 11 is 0. The first-order valence-corrected chi connectivity index (χ1v) is 9.52. The quantitative estimate of drug-likeness (QED) is 0.304. The van der Waals surface area contributed by atoms with Crippen LogP contribution in [0.1, 0.15) is 6.42 Å². The predicted octanol–water partition coefficient (Wildman–Crippen LogP) is 1.62. The van der Waals surface area contributed by atoms with Gasteiger partial charge in [0, 0.05) is 57.8 Å². The van der Waals surface area contributed by atoms with E-state index in [4.69, 9.17) is 10.3 Å². The van der Waals surface area contributed by atoms with Crippen LogP contribution < -0.4 is 20.9 Å². The molecule has 10 heteroatoms. The molecule has 0 atom stereocenters. The van der Waals surface area contributed by atoms with Crippen LogP contribution in [0.2, 0.25) is 0 Å². The van der Waals surface area contributed by atoms with Gasteiger partial charge in [-0.25, -0.2) is 4.79 Å².